The molecule has 0 saturated carbocycles. The molecule has 0 aromatic heterocycles. The van der Waals surface area contributed by atoms with Crippen molar-refractivity contribution in [2.24, 2.45) is 0 Å². The van der Waals surface area contributed by atoms with Crippen LogP contribution in [0.3, 0.4) is 0 Å². The molecule has 0 heterocycles. The number of aliphatic hydroxyl groups excluding tert-OH is 1. The summed E-state index contributed by atoms with van der Waals surface area (Å²) < 4.78 is 6.75. The molecule has 1 rings (SSSR count). The fraction of sp³-hybridized carbons (Fsp3) is 0.571. The van der Waals surface area contributed by atoms with Gasteiger partial charge in [-0.15, -0.1) is 0 Å². The molecular weight excluding hydrogens is 294 g/mol. The molecule has 0 bridgehead atoms. The number of nitrogens with one attached hydrogen (secondary N) is 1. The largest absolute Gasteiger partial charge is 0.490 e. The lowest BCUT2D eigenvalue weighted by Gasteiger charge is -2.17. The quantitative estimate of drug-likeness (QED) is 0.848. The highest BCUT2D eigenvalue weighted by atomic mass is 79.9. The van der Waals surface area contributed by atoms with Crippen molar-refractivity contribution in [3.63, 3.8) is 0 Å². The van der Waals surface area contributed by atoms with Crippen LogP contribution >= 0.6 is 15.9 Å². The zero-order chi connectivity index (χ0) is 13.7. The summed E-state index contributed by atoms with van der Waals surface area (Å²) >= 11 is 3.50. The Morgan fingerprint density at radius 3 is 2.56 bits per heavy atom. The maximum atomic E-state index is 9.32. The second kappa shape index (κ2) is 7.12. The van der Waals surface area contributed by atoms with Gasteiger partial charge >= 0.3 is 0 Å². The van der Waals surface area contributed by atoms with Crippen molar-refractivity contribution in [3.05, 3.63) is 27.7 Å². The highest BCUT2D eigenvalue weighted by Gasteiger charge is 2.10. The molecule has 4 heteroatoms. The lowest BCUT2D eigenvalue weighted by atomic mass is 10.1. The van der Waals surface area contributed by atoms with E-state index in [0.29, 0.717) is 12.6 Å². The minimum atomic E-state index is -0.459. The van der Waals surface area contributed by atoms with Crippen LogP contribution in [-0.2, 0) is 6.54 Å². The third-order valence-electron chi connectivity index (χ3n) is 2.49. The van der Waals surface area contributed by atoms with Crippen LogP contribution in [-0.4, -0.2) is 23.9 Å². The summed E-state index contributed by atoms with van der Waals surface area (Å²) in [5.41, 5.74) is 2.18. The predicted molar refractivity (Wildman–Crippen MR) is 78.0 cm³/mol. The molecule has 0 fully saturated rings. The Morgan fingerprint density at radius 2 is 2.00 bits per heavy atom. The van der Waals surface area contributed by atoms with E-state index in [-0.39, 0.29) is 0 Å². The minimum absolute atomic E-state index is 0.317. The number of aryl methyl sites for hydroxylation is 1. The van der Waals surface area contributed by atoms with Gasteiger partial charge in [0.2, 0.25) is 0 Å². The average molecular weight is 316 g/mol. The van der Waals surface area contributed by atoms with E-state index in [1.165, 1.54) is 0 Å². The van der Waals surface area contributed by atoms with Crippen molar-refractivity contribution < 1.29 is 9.84 Å². The van der Waals surface area contributed by atoms with Crippen LogP contribution in [0.1, 0.15) is 31.9 Å². The summed E-state index contributed by atoms with van der Waals surface area (Å²) in [6.45, 7) is 9.04. The number of rotatable bonds is 6. The maximum absolute atomic E-state index is 9.32. The summed E-state index contributed by atoms with van der Waals surface area (Å²) in [5, 5.41) is 12.7. The van der Waals surface area contributed by atoms with Crippen molar-refractivity contribution >= 4 is 15.9 Å². The van der Waals surface area contributed by atoms with Gasteiger partial charge in [0.1, 0.15) is 12.4 Å². The number of aliphatic hydroxyl groups is 1. The van der Waals surface area contributed by atoms with Gasteiger partial charge in [-0.1, -0.05) is 29.8 Å². The van der Waals surface area contributed by atoms with E-state index >= 15 is 0 Å². The highest BCUT2D eigenvalue weighted by Crippen LogP contribution is 2.28. The molecule has 18 heavy (non-hydrogen) atoms. The van der Waals surface area contributed by atoms with Crippen molar-refractivity contribution in [1.82, 2.24) is 5.32 Å². The van der Waals surface area contributed by atoms with Crippen LogP contribution < -0.4 is 10.1 Å². The molecule has 2 N–H and O–H groups in total. The van der Waals surface area contributed by atoms with E-state index in [1.807, 2.05) is 13.0 Å². The van der Waals surface area contributed by atoms with Crippen LogP contribution in [0, 0.1) is 6.92 Å². The van der Waals surface area contributed by atoms with Gasteiger partial charge in [-0.2, -0.15) is 0 Å². The molecule has 0 radical (unpaired) electrons. The van der Waals surface area contributed by atoms with Crippen LogP contribution in [0.15, 0.2) is 16.6 Å². The number of ether oxygens (including phenoxy) is 1. The standard InChI is InChI=1S/C14H22BrNO2/c1-9(2)16-7-12-6-13(15)5-10(3)14(12)18-8-11(4)17/h5-6,9,11,16-17H,7-8H2,1-4H3. The highest BCUT2D eigenvalue weighted by molar-refractivity contribution is 9.10. The lowest BCUT2D eigenvalue weighted by molar-refractivity contribution is 0.121. The fourth-order valence-corrected chi connectivity index (χ4v) is 2.27. The molecule has 0 aliphatic rings. The SMILES string of the molecule is Cc1cc(Br)cc(CNC(C)C)c1OCC(C)O. The molecule has 0 amide bonds. The summed E-state index contributed by atoms with van der Waals surface area (Å²) in [4.78, 5) is 0. The number of hydrogen-bond acceptors (Lipinski definition) is 3. The first-order valence-corrected chi connectivity index (χ1v) is 7.02. The van der Waals surface area contributed by atoms with Crippen LogP contribution in [0.25, 0.3) is 0 Å². The van der Waals surface area contributed by atoms with Gasteiger partial charge in [-0.3, -0.25) is 0 Å². The second-order valence-corrected chi connectivity index (χ2v) is 5.82. The van der Waals surface area contributed by atoms with Crippen LogP contribution in [0.5, 0.6) is 5.75 Å². The Kier molecular flexibility index (Phi) is 6.12. The van der Waals surface area contributed by atoms with E-state index in [1.54, 1.807) is 6.92 Å². The summed E-state index contributed by atoms with van der Waals surface area (Å²) in [6, 6.07) is 4.50. The molecule has 0 saturated heterocycles. The van der Waals surface area contributed by atoms with Crippen molar-refractivity contribution in [2.75, 3.05) is 6.61 Å². The van der Waals surface area contributed by atoms with Gasteiger partial charge in [0.25, 0.3) is 0 Å². The molecule has 1 unspecified atom stereocenters. The van der Waals surface area contributed by atoms with E-state index in [9.17, 15) is 5.11 Å². The molecule has 0 aliphatic heterocycles. The van der Waals surface area contributed by atoms with Gasteiger partial charge in [-0.25, -0.2) is 0 Å². The first kappa shape index (κ1) is 15.5. The maximum Gasteiger partial charge on any atom is 0.126 e. The Balaban J connectivity index is 2.89. The van der Waals surface area contributed by atoms with Crippen molar-refractivity contribution in [2.45, 2.75) is 46.4 Å². The Morgan fingerprint density at radius 1 is 1.33 bits per heavy atom. The summed E-state index contributed by atoms with van der Waals surface area (Å²) in [6.07, 6.45) is -0.459. The minimum Gasteiger partial charge on any atom is -0.490 e. The molecular formula is C14H22BrNO2. The van der Waals surface area contributed by atoms with Crippen LogP contribution in [0.4, 0.5) is 0 Å². The second-order valence-electron chi connectivity index (χ2n) is 4.91. The Bertz CT molecular complexity index is 392. The molecule has 0 aliphatic carbocycles. The fourth-order valence-electron chi connectivity index (χ4n) is 1.66. The van der Waals surface area contributed by atoms with Gasteiger partial charge in [-0.05, 0) is 31.5 Å². The first-order valence-electron chi connectivity index (χ1n) is 6.23. The Labute approximate surface area is 118 Å². The molecule has 1 atom stereocenters. The Hall–Kier alpha value is -0.580. The molecule has 3 nitrogen and oxygen atoms in total. The molecule has 102 valence electrons. The number of benzene rings is 1. The smallest absolute Gasteiger partial charge is 0.126 e. The normalized spacial score (nSPS) is 12.8. The summed E-state index contributed by atoms with van der Waals surface area (Å²) in [5.74, 6) is 0.868. The molecule has 1 aromatic carbocycles. The monoisotopic (exact) mass is 315 g/mol. The predicted octanol–water partition coefficient (Wildman–Crippen LogP) is 3.02. The zero-order valence-corrected chi connectivity index (χ0v) is 13.0. The zero-order valence-electron chi connectivity index (χ0n) is 11.5. The van der Waals surface area contributed by atoms with E-state index in [0.717, 1.165) is 27.9 Å². The van der Waals surface area contributed by atoms with Crippen molar-refractivity contribution in [1.29, 1.82) is 0 Å². The number of hydrogen-bond donors (Lipinski definition) is 2. The average Bonchev–Trinajstić information content (AvgIpc) is 2.24. The lowest BCUT2D eigenvalue weighted by Crippen LogP contribution is -2.23. The summed E-state index contributed by atoms with van der Waals surface area (Å²) in [7, 11) is 0. The van der Waals surface area contributed by atoms with Gasteiger partial charge in [0.05, 0.1) is 6.10 Å². The third-order valence-corrected chi connectivity index (χ3v) is 2.94. The van der Waals surface area contributed by atoms with E-state index in [2.05, 4.69) is 41.2 Å². The van der Waals surface area contributed by atoms with Gasteiger partial charge in [0, 0.05) is 22.6 Å². The third kappa shape index (κ3) is 4.96. The van der Waals surface area contributed by atoms with Gasteiger partial charge in [0.15, 0.2) is 0 Å². The molecule has 0 spiro atoms. The van der Waals surface area contributed by atoms with E-state index in [4.69, 9.17) is 4.74 Å². The number of halogens is 1. The van der Waals surface area contributed by atoms with Crippen LogP contribution in [0.2, 0.25) is 0 Å². The van der Waals surface area contributed by atoms with Crippen molar-refractivity contribution in [3.8, 4) is 5.75 Å². The van der Waals surface area contributed by atoms with Gasteiger partial charge < -0.3 is 15.2 Å². The first-order chi connectivity index (χ1) is 8.40. The topological polar surface area (TPSA) is 41.5 Å². The van der Waals surface area contributed by atoms with E-state index < -0.39 is 6.10 Å². The molecule has 1 aromatic rings.